The molecule has 142 valence electrons. The molecule has 0 aromatic carbocycles. The van der Waals surface area contributed by atoms with E-state index in [1.807, 2.05) is 41.5 Å². The van der Waals surface area contributed by atoms with Crippen molar-refractivity contribution in [1.82, 2.24) is 0 Å². The van der Waals surface area contributed by atoms with Crippen LogP contribution in [0.25, 0.3) is 0 Å². The number of carbonyl (C=O) groups is 1. The van der Waals surface area contributed by atoms with Crippen molar-refractivity contribution in [1.29, 1.82) is 0 Å². The summed E-state index contributed by atoms with van der Waals surface area (Å²) in [4.78, 5) is 11.3. The average molecular weight is 332 g/mol. The summed E-state index contributed by atoms with van der Waals surface area (Å²) in [6, 6.07) is 0. The summed E-state index contributed by atoms with van der Waals surface area (Å²) in [6.45, 7) is 21.2. The lowest BCUT2D eigenvalue weighted by Crippen LogP contribution is -2.32. The molecule has 0 radical (unpaired) electrons. The number of hydrogen-bond acceptors (Lipinski definition) is 3. The van der Waals surface area contributed by atoms with E-state index in [-0.39, 0.29) is 11.0 Å². The van der Waals surface area contributed by atoms with Crippen molar-refractivity contribution in [3.8, 4) is 0 Å². The van der Waals surface area contributed by atoms with E-state index in [9.17, 15) is 4.79 Å². The molecule has 0 aliphatic carbocycles. The highest BCUT2D eigenvalue weighted by Crippen LogP contribution is 2.37. The smallest absolute Gasteiger partial charge is 0.135 e. The number of carbonyl (C=O) groups excluding carboxylic acids is 1. The maximum absolute atomic E-state index is 11.3. The SMILES string of the molecule is CC.CCCC(C)(C)CC(C)(C)C(C)=O.COCCC(C)(C)N. The monoisotopic (exact) mass is 331 g/mol. The van der Waals surface area contributed by atoms with Crippen molar-refractivity contribution in [3.63, 3.8) is 0 Å². The van der Waals surface area contributed by atoms with Crippen molar-refractivity contribution in [2.75, 3.05) is 13.7 Å². The maximum Gasteiger partial charge on any atom is 0.135 e. The molecule has 0 atom stereocenters. The Morgan fingerprint density at radius 1 is 1.00 bits per heavy atom. The number of ether oxygens (including phenoxy) is 1. The topological polar surface area (TPSA) is 52.3 Å². The van der Waals surface area contributed by atoms with Gasteiger partial charge in [-0.25, -0.2) is 0 Å². The first kappa shape index (κ1) is 27.4. The van der Waals surface area contributed by atoms with Gasteiger partial charge >= 0.3 is 0 Å². The van der Waals surface area contributed by atoms with Gasteiger partial charge in [-0.15, -0.1) is 0 Å². The summed E-state index contributed by atoms with van der Waals surface area (Å²) < 4.78 is 4.84. The molecule has 0 aliphatic heterocycles. The molecule has 0 spiro atoms. The Labute approximate surface area is 146 Å². The minimum Gasteiger partial charge on any atom is -0.385 e. The number of rotatable bonds is 8. The van der Waals surface area contributed by atoms with Crippen molar-refractivity contribution in [3.05, 3.63) is 0 Å². The van der Waals surface area contributed by atoms with Crippen LogP contribution in [0.15, 0.2) is 0 Å². The van der Waals surface area contributed by atoms with Gasteiger partial charge in [0, 0.05) is 24.7 Å². The van der Waals surface area contributed by atoms with Gasteiger partial charge in [0.15, 0.2) is 0 Å². The summed E-state index contributed by atoms with van der Waals surface area (Å²) in [5.41, 5.74) is 5.71. The first-order valence-electron chi connectivity index (χ1n) is 9.06. The Morgan fingerprint density at radius 3 is 1.65 bits per heavy atom. The van der Waals surface area contributed by atoms with Gasteiger partial charge in [-0.3, -0.25) is 4.79 Å². The third-order valence-corrected chi connectivity index (χ3v) is 3.75. The minimum absolute atomic E-state index is 0.0734. The molecule has 0 rings (SSSR count). The van der Waals surface area contributed by atoms with E-state index in [4.69, 9.17) is 10.5 Å². The van der Waals surface area contributed by atoms with E-state index in [0.717, 1.165) is 19.4 Å². The lowest BCUT2D eigenvalue weighted by Gasteiger charge is -2.33. The molecule has 2 N–H and O–H groups in total. The van der Waals surface area contributed by atoms with Gasteiger partial charge in [-0.05, 0) is 45.4 Å². The number of Topliss-reactive ketones (excluding diaryl/α,β-unsaturated/α-hetero) is 1. The predicted octanol–water partition coefficient (Wildman–Crippen LogP) is 5.60. The normalized spacial score (nSPS) is 11.8. The van der Waals surface area contributed by atoms with E-state index in [0.29, 0.717) is 11.2 Å². The molecule has 0 amide bonds. The molecule has 0 aromatic heterocycles. The van der Waals surface area contributed by atoms with Gasteiger partial charge in [0.1, 0.15) is 5.78 Å². The standard InChI is InChI=1S/C12H24O.C6H15NO.C2H6/c1-7-8-11(3,4)9-12(5,6)10(2)13;1-6(2,7)4-5-8-3;1-2/h7-9H2,1-6H3;4-5,7H2,1-3H3;1-2H3. The van der Waals surface area contributed by atoms with Gasteiger partial charge in [-0.2, -0.15) is 0 Å². The quantitative estimate of drug-likeness (QED) is 0.629. The summed E-state index contributed by atoms with van der Waals surface area (Å²) in [5, 5.41) is 0. The molecule has 0 aromatic rings. The summed E-state index contributed by atoms with van der Waals surface area (Å²) >= 11 is 0. The number of ketones is 1. The van der Waals surface area contributed by atoms with Crippen molar-refractivity contribution < 1.29 is 9.53 Å². The molecule has 0 saturated heterocycles. The minimum atomic E-state index is -0.154. The van der Waals surface area contributed by atoms with Gasteiger partial charge < -0.3 is 10.5 Å². The largest absolute Gasteiger partial charge is 0.385 e. The van der Waals surface area contributed by atoms with Crippen LogP contribution in [-0.4, -0.2) is 25.0 Å². The first-order chi connectivity index (χ1) is 10.3. The zero-order valence-electron chi connectivity index (χ0n) is 17.9. The fourth-order valence-electron chi connectivity index (χ4n) is 2.45. The molecule has 0 saturated carbocycles. The maximum atomic E-state index is 11.3. The Balaban J connectivity index is -0.000000343. The van der Waals surface area contributed by atoms with Gasteiger partial charge in [0.05, 0.1) is 0 Å². The van der Waals surface area contributed by atoms with Crippen LogP contribution in [0.4, 0.5) is 0 Å². The van der Waals surface area contributed by atoms with E-state index < -0.39 is 0 Å². The van der Waals surface area contributed by atoms with Crippen LogP contribution in [0.1, 0.15) is 94.9 Å². The molecule has 0 unspecified atom stereocenters. The van der Waals surface area contributed by atoms with Crippen molar-refractivity contribution in [2.45, 2.75) is 100 Å². The van der Waals surface area contributed by atoms with Crippen LogP contribution in [0.3, 0.4) is 0 Å². The van der Waals surface area contributed by atoms with E-state index in [2.05, 4.69) is 20.8 Å². The van der Waals surface area contributed by atoms with Crippen LogP contribution in [0, 0.1) is 10.8 Å². The van der Waals surface area contributed by atoms with E-state index >= 15 is 0 Å². The number of methoxy groups -OCH3 is 1. The third kappa shape index (κ3) is 19.5. The zero-order valence-corrected chi connectivity index (χ0v) is 17.9. The van der Waals surface area contributed by atoms with E-state index in [1.54, 1.807) is 14.0 Å². The van der Waals surface area contributed by atoms with Crippen LogP contribution in [0.2, 0.25) is 0 Å². The second-order valence-corrected chi connectivity index (χ2v) is 8.26. The second kappa shape index (κ2) is 12.9. The Hall–Kier alpha value is -0.410. The van der Waals surface area contributed by atoms with Crippen LogP contribution in [0.5, 0.6) is 0 Å². The molecule has 0 bridgehead atoms. The highest BCUT2D eigenvalue weighted by Gasteiger charge is 2.31. The zero-order chi connectivity index (χ0) is 19.3. The second-order valence-electron chi connectivity index (χ2n) is 8.26. The first-order valence-corrected chi connectivity index (χ1v) is 9.06. The Bertz CT molecular complexity index is 289. The highest BCUT2D eigenvalue weighted by molar-refractivity contribution is 5.81. The van der Waals surface area contributed by atoms with E-state index in [1.165, 1.54) is 12.8 Å². The van der Waals surface area contributed by atoms with Crippen LogP contribution in [-0.2, 0) is 9.53 Å². The Kier molecular flexibility index (Phi) is 15.4. The van der Waals surface area contributed by atoms with Crippen molar-refractivity contribution in [2.24, 2.45) is 16.6 Å². The molecule has 0 aliphatic rings. The number of hydrogen-bond donors (Lipinski definition) is 1. The molecule has 0 fully saturated rings. The van der Waals surface area contributed by atoms with Crippen molar-refractivity contribution >= 4 is 5.78 Å². The average Bonchev–Trinajstić information content (AvgIpc) is 2.37. The summed E-state index contributed by atoms with van der Waals surface area (Å²) in [5.74, 6) is 0.302. The van der Waals surface area contributed by atoms with Gasteiger partial charge in [0.2, 0.25) is 0 Å². The molecular formula is C20H45NO2. The molecule has 0 heterocycles. The molecule has 3 heteroatoms. The molecule has 3 nitrogen and oxygen atoms in total. The predicted molar refractivity (Wildman–Crippen MR) is 104 cm³/mol. The summed E-state index contributed by atoms with van der Waals surface area (Å²) in [6.07, 6.45) is 4.30. The fourth-order valence-corrected chi connectivity index (χ4v) is 2.45. The lowest BCUT2D eigenvalue weighted by molar-refractivity contribution is -0.126. The number of nitrogens with two attached hydrogens (primary N) is 1. The third-order valence-electron chi connectivity index (χ3n) is 3.75. The lowest BCUT2D eigenvalue weighted by atomic mass is 9.71. The summed E-state index contributed by atoms with van der Waals surface area (Å²) in [7, 11) is 1.69. The highest BCUT2D eigenvalue weighted by atomic mass is 16.5. The van der Waals surface area contributed by atoms with Crippen LogP contribution >= 0.6 is 0 Å². The van der Waals surface area contributed by atoms with Gasteiger partial charge in [0.25, 0.3) is 0 Å². The molecule has 23 heavy (non-hydrogen) atoms. The van der Waals surface area contributed by atoms with Gasteiger partial charge in [-0.1, -0.05) is 54.9 Å². The van der Waals surface area contributed by atoms with Crippen LogP contribution < -0.4 is 5.73 Å². The molecular weight excluding hydrogens is 286 g/mol. The fraction of sp³-hybridized carbons (Fsp3) is 0.950. The Morgan fingerprint density at radius 2 is 1.43 bits per heavy atom.